The molecule has 220 valence electrons. The second-order valence-corrected chi connectivity index (χ2v) is 13.1. The van der Waals surface area contributed by atoms with Gasteiger partial charge in [-0.3, -0.25) is 24.5 Å². The number of nitrogens with one attached hydrogen (secondary N) is 2. The average Bonchev–Trinajstić information content (AvgIpc) is 3.48. The highest BCUT2D eigenvalue weighted by atomic mass is 32.2. The maximum Gasteiger partial charge on any atom is 0.232 e. The first kappa shape index (κ1) is 30.3. The molecule has 0 spiro atoms. The Morgan fingerprint density at radius 1 is 0.930 bits per heavy atom. The number of amidine groups is 1. The molecular formula is C30H31N9O2S2. The fourth-order valence-electron chi connectivity index (χ4n) is 5.48. The summed E-state index contributed by atoms with van der Waals surface area (Å²) in [5.74, 6) is 0.614. The quantitative estimate of drug-likeness (QED) is 0.392. The van der Waals surface area contributed by atoms with Crippen molar-refractivity contribution in [2.75, 3.05) is 5.32 Å². The maximum atomic E-state index is 12.8. The van der Waals surface area contributed by atoms with Gasteiger partial charge in [-0.2, -0.15) is 10.5 Å². The number of aromatic nitrogens is 4. The zero-order chi connectivity index (χ0) is 30.3. The molecule has 2 aliphatic rings. The zero-order valence-corrected chi connectivity index (χ0v) is 25.5. The van der Waals surface area contributed by atoms with Crippen molar-refractivity contribution in [2.24, 2.45) is 16.8 Å². The molecule has 0 radical (unpaired) electrons. The van der Waals surface area contributed by atoms with Crippen molar-refractivity contribution in [1.82, 2.24) is 25.5 Å². The topological polar surface area (TPSA) is 170 Å². The minimum Gasteiger partial charge on any atom is -0.305 e. The minimum absolute atomic E-state index is 0.0731. The molecule has 2 N–H and O–H groups in total. The third kappa shape index (κ3) is 7.80. The summed E-state index contributed by atoms with van der Waals surface area (Å²) in [5, 5.41) is 34.7. The lowest BCUT2D eigenvalue weighted by Crippen LogP contribution is -2.42. The van der Waals surface area contributed by atoms with E-state index in [9.17, 15) is 9.59 Å². The summed E-state index contributed by atoms with van der Waals surface area (Å²) in [6.07, 6.45) is 7.28. The summed E-state index contributed by atoms with van der Waals surface area (Å²) in [6.45, 7) is 4.33. The van der Waals surface area contributed by atoms with Crippen molar-refractivity contribution < 1.29 is 9.59 Å². The Morgan fingerprint density at radius 3 is 2.19 bits per heavy atom. The average molecular weight is 614 g/mol. The Morgan fingerprint density at radius 2 is 1.58 bits per heavy atom. The first-order chi connectivity index (χ1) is 20.8. The standard InChI is InChI=1S/C30H31N9O2S2/c1-17-18(2)35-29(36-25(40)11-23-8-6-19(13-31)15-33-23)42-27(17)21-4-3-5-22(10-21)28-38-39-30(43-28)37-26(41)12-24-9-7-20(14-32)16-34-24/h6-9,15-18,21-22,27H,3-5,10-12H2,1-2H3,(H,35,36,40)(H,37,39,41). The Hall–Kier alpha value is -4.20. The molecule has 3 aromatic heterocycles. The van der Waals surface area contributed by atoms with Crippen molar-refractivity contribution >= 4 is 45.2 Å². The third-order valence-electron chi connectivity index (χ3n) is 7.90. The summed E-state index contributed by atoms with van der Waals surface area (Å²) in [6, 6.07) is 10.8. The molecule has 0 bridgehead atoms. The van der Waals surface area contributed by atoms with E-state index in [4.69, 9.17) is 15.5 Å². The number of nitrogens with zero attached hydrogens (tertiary/aromatic N) is 7. The van der Waals surface area contributed by atoms with Crippen molar-refractivity contribution in [3.63, 3.8) is 0 Å². The molecule has 5 unspecified atom stereocenters. The molecule has 3 aromatic rings. The highest BCUT2D eigenvalue weighted by Gasteiger charge is 2.39. The predicted octanol–water partition coefficient (Wildman–Crippen LogP) is 4.38. The number of carbonyl (C=O) groups is 2. The van der Waals surface area contributed by atoms with Crippen LogP contribution in [0.2, 0.25) is 0 Å². The van der Waals surface area contributed by atoms with Crippen LogP contribution in [0.4, 0.5) is 5.13 Å². The number of aliphatic imine (C=N–C) groups is 1. The molecule has 0 aromatic carbocycles. The molecule has 1 saturated carbocycles. The number of nitriles is 2. The van der Waals surface area contributed by atoms with Crippen molar-refractivity contribution in [2.45, 2.75) is 69.6 Å². The van der Waals surface area contributed by atoms with Gasteiger partial charge in [-0.05, 0) is 62.3 Å². The molecule has 4 heterocycles. The van der Waals surface area contributed by atoms with Crippen LogP contribution in [0.1, 0.15) is 73.0 Å². The molecule has 2 amide bonds. The van der Waals surface area contributed by atoms with Gasteiger partial charge in [0, 0.05) is 34.9 Å². The molecular weight excluding hydrogens is 583 g/mol. The van der Waals surface area contributed by atoms with E-state index < -0.39 is 0 Å². The van der Waals surface area contributed by atoms with Crippen LogP contribution in [0.5, 0.6) is 0 Å². The van der Waals surface area contributed by atoms with Gasteiger partial charge in [0.2, 0.25) is 16.9 Å². The van der Waals surface area contributed by atoms with E-state index in [0.29, 0.717) is 49.9 Å². The van der Waals surface area contributed by atoms with Gasteiger partial charge in [-0.1, -0.05) is 36.4 Å². The number of carbonyl (C=O) groups excluding carboxylic acids is 2. The van der Waals surface area contributed by atoms with Gasteiger partial charge in [0.1, 0.15) is 17.1 Å². The number of hydrogen-bond acceptors (Lipinski definition) is 11. The first-order valence-electron chi connectivity index (χ1n) is 14.2. The van der Waals surface area contributed by atoms with Crippen LogP contribution < -0.4 is 10.6 Å². The van der Waals surface area contributed by atoms with Gasteiger partial charge in [-0.25, -0.2) is 0 Å². The van der Waals surface area contributed by atoms with Gasteiger partial charge in [0.25, 0.3) is 0 Å². The SMILES string of the molecule is CC1N=C(NC(=O)Cc2ccc(C#N)cn2)SC(C2CCCC(c3nnc(NC(=O)Cc4ccc(C#N)cn4)s3)C2)C1C. The van der Waals surface area contributed by atoms with E-state index in [1.54, 1.807) is 36.0 Å². The second-order valence-electron chi connectivity index (χ2n) is 10.9. The van der Waals surface area contributed by atoms with Crippen LogP contribution in [0.15, 0.2) is 41.7 Å². The van der Waals surface area contributed by atoms with Crippen LogP contribution in [0, 0.1) is 34.5 Å². The maximum absolute atomic E-state index is 12.8. The first-order valence-corrected chi connectivity index (χ1v) is 15.9. The van der Waals surface area contributed by atoms with Crippen LogP contribution >= 0.6 is 23.1 Å². The van der Waals surface area contributed by atoms with Crippen molar-refractivity contribution in [3.05, 3.63) is 64.2 Å². The smallest absolute Gasteiger partial charge is 0.232 e. The lowest BCUT2D eigenvalue weighted by Gasteiger charge is -2.40. The number of anilines is 1. The summed E-state index contributed by atoms with van der Waals surface area (Å²) < 4.78 is 0. The van der Waals surface area contributed by atoms with E-state index in [2.05, 4.69) is 44.6 Å². The van der Waals surface area contributed by atoms with Crippen molar-refractivity contribution in [3.8, 4) is 12.1 Å². The van der Waals surface area contributed by atoms with E-state index in [1.807, 2.05) is 12.1 Å². The van der Waals surface area contributed by atoms with Crippen LogP contribution in [0.3, 0.4) is 0 Å². The lowest BCUT2D eigenvalue weighted by molar-refractivity contribution is -0.119. The lowest BCUT2D eigenvalue weighted by atomic mass is 9.76. The van der Waals surface area contributed by atoms with Crippen LogP contribution in [-0.4, -0.2) is 48.4 Å². The Bertz CT molecular complexity index is 1570. The Kier molecular flexibility index (Phi) is 9.75. The Labute approximate surface area is 258 Å². The molecule has 11 nitrogen and oxygen atoms in total. The van der Waals surface area contributed by atoms with Crippen LogP contribution in [-0.2, 0) is 22.4 Å². The molecule has 13 heteroatoms. The highest BCUT2D eigenvalue weighted by Crippen LogP contribution is 2.46. The largest absolute Gasteiger partial charge is 0.305 e. The fourth-order valence-corrected chi connectivity index (χ4v) is 7.92. The zero-order valence-electron chi connectivity index (χ0n) is 23.9. The van der Waals surface area contributed by atoms with E-state index in [-0.39, 0.29) is 36.6 Å². The van der Waals surface area contributed by atoms with Crippen molar-refractivity contribution in [1.29, 1.82) is 10.5 Å². The fraction of sp³-hybridized carbons (Fsp3) is 0.433. The van der Waals surface area contributed by atoms with Gasteiger partial charge in [0.15, 0.2) is 5.17 Å². The van der Waals surface area contributed by atoms with E-state index >= 15 is 0 Å². The third-order valence-corrected chi connectivity index (χ3v) is 10.4. The summed E-state index contributed by atoms with van der Waals surface area (Å²) in [4.78, 5) is 38.5. The van der Waals surface area contributed by atoms with E-state index in [0.717, 1.165) is 30.7 Å². The monoisotopic (exact) mass is 613 g/mol. The molecule has 0 saturated heterocycles. The van der Waals surface area contributed by atoms with E-state index in [1.165, 1.54) is 23.7 Å². The highest BCUT2D eigenvalue weighted by molar-refractivity contribution is 8.14. The summed E-state index contributed by atoms with van der Waals surface area (Å²) in [5.41, 5.74) is 2.09. The number of hydrogen-bond donors (Lipinski definition) is 2. The minimum atomic E-state index is -0.230. The molecule has 1 fully saturated rings. The molecule has 5 atom stereocenters. The summed E-state index contributed by atoms with van der Waals surface area (Å²) >= 11 is 3.07. The molecule has 5 rings (SSSR count). The summed E-state index contributed by atoms with van der Waals surface area (Å²) in [7, 11) is 0. The molecule has 43 heavy (non-hydrogen) atoms. The molecule has 1 aliphatic carbocycles. The van der Waals surface area contributed by atoms with Gasteiger partial charge in [-0.15, -0.1) is 10.2 Å². The van der Waals surface area contributed by atoms with Crippen LogP contribution in [0.25, 0.3) is 0 Å². The number of rotatable bonds is 7. The predicted molar refractivity (Wildman–Crippen MR) is 164 cm³/mol. The second kappa shape index (κ2) is 13.8. The number of thioether (sulfide) groups is 1. The normalized spacial score (nSPS) is 23.3. The van der Waals surface area contributed by atoms with Gasteiger partial charge >= 0.3 is 0 Å². The van der Waals surface area contributed by atoms with Gasteiger partial charge < -0.3 is 10.6 Å². The van der Waals surface area contributed by atoms with Gasteiger partial charge in [0.05, 0.1) is 30.0 Å². The Balaban J connectivity index is 1.17. The molecule has 1 aliphatic heterocycles. The number of amides is 2. The number of pyridine rings is 2.